The minimum Gasteiger partial charge on any atom is -0.508 e. The Morgan fingerprint density at radius 2 is 1.71 bits per heavy atom. The van der Waals surface area contributed by atoms with Gasteiger partial charge in [-0.2, -0.15) is 0 Å². The maximum atomic E-state index is 12.5. The van der Waals surface area contributed by atoms with E-state index in [4.69, 9.17) is 15.2 Å². The fraction of sp³-hybridized carbons (Fsp3) is 0.438. The van der Waals surface area contributed by atoms with E-state index in [1.54, 1.807) is 13.8 Å². The predicted octanol–water partition coefficient (Wildman–Crippen LogP) is 0.518. The number of nitrogens with two attached hydrogens (primary N) is 1. The first-order chi connectivity index (χ1) is 11.3. The van der Waals surface area contributed by atoms with Gasteiger partial charge >= 0.3 is 11.9 Å². The van der Waals surface area contributed by atoms with Gasteiger partial charge < -0.3 is 25.6 Å². The second kappa shape index (κ2) is 8.19. The molecule has 1 rings (SSSR count). The number of carbonyl (C=O) groups excluding carboxylic acids is 3. The molecule has 0 aromatic heterocycles. The SMILES string of the molecule is CCOC(=O)C(Cc1cc(N)ccc1O)(NC(C)=O)C(=O)OCC. The monoisotopic (exact) mass is 338 g/mol. The van der Waals surface area contributed by atoms with Crippen LogP contribution in [0, 0.1) is 0 Å². The molecule has 1 aromatic carbocycles. The topological polar surface area (TPSA) is 128 Å². The highest BCUT2D eigenvalue weighted by Crippen LogP contribution is 2.26. The molecule has 0 heterocycles. The van der Waals surface area contributed by atoms with Crippen molar-refractivity contribution in [3.8, 4) is 5.75 Å². The molecular weight excluding hydrogens is 316 g/mol. The number of esters is 2. The normalized spacial score (nSPS) is 10.8. The van der Waals surface area contributed by atoms with Crippen LogP contribution < -0.4 is 11.1 Å². The molecule has 0 saturated carbocycles. The summed E-state index contributed by atoms with van der Waals surface area (Å²) in [5, 5.41) is 12.3. The van der Waals surface area contributed by atoms with Crippen LogP contribution in [0.3, 0.4) is 0 Å². The summed E-state index contributed by atoms with van der Waals surface area (Å²) < 4.78 is 9.90. The second-order valence-electron chi connectivity index (χ2n) is 5.09. The average Bonchev–Trinajstić information content (AvgIpc) is 2.50. The summed E-state index contributed by atoms with van der Waals surface area (Å²) >= 11 is 0. The van der Waals surface area contributed by atoms with Gasteiger partial charge in [0.05, 0.1) is 13.2 Å². The van der Waals surface area contributed by atoms with Crippen LogP contribution in [0.2, 0.25) is 0 Å². The fourth-order valence-corrected chi connectivity index (χ4v) is 2.22. The van der Waals surface area contributed by atoms with Gasteiger partial charge in [0.25, 0.3) is 0 Å². The summed E-state index contributed by atoms with van der Waals surface area (Å²) in [7, 11) is 0. The van der Waals surface area contributed by atoms with Gasteiger partial charge in [-0.25, -0.2) is 9.59 Å². The summed E-state index contributed by atoms with van der Waals surface area (Å²) in [6.07, 6.45) is -0.360. The molecule has 0 unspecified atom stereocenters. The minimum absolute atomic E-state index is 0.00246. The van der Waals surface area contributed by atoms with Gasteiger partial charge in [-0.3, -0.25) is 4.79 Å². The number of hydrogen-bond donors (Lipinski definition) is 3. The number of aromatic hydroxyl groups is 1. The molecule has 0 fully saturated rings. The Hall–Kier alpha value is -2.77. The largest absolute Gasteiger partial charge is 0.508 e. The first kappa shape index (κ1) is 19.3. The molecule has 0 aliphatic rings. The number of anilines is 1. The summed E-state index contributed by atoms with van der Waals surface area (Å²) in [5.74, 6) is -2.74. The van der Waals surface area contributed by atoms with E-state index < -0.39 is 23.4 Å². The number of nitrogens with one attached hydrogen (secondary N) is 1. The highest BCUT2D eigenvalue weighted by atomic mass is 16.6. The van der Waals surface area contributed by atoms with Crippen LogP contribution in [0.4, 0.5) is 5.69 Å². The van der Waals surface area contributed by atoms with Gasteiger partial charge in [-0.15, -0.1) is 0 Å². The predicted molar refractivity (Wildman–Crippen MR) is 86.0 cm³/mol. The standard InChI is InChI=1S/C16H22N2O6/c1-4-23-14(21)16(18-10(3)19,15(22)24-5-2)9-11-8-12(17)6-7-13(11)20/h6-8,20H,4-5,9,17H2,1-3H3,(H,18,19). The molecule has 8 nitrogen and oxygen atoms in total. The third-order valence-electron chi connectivity index (χ3n) is 3.20. The molecule has 24 heavy (non-hydrogen) atoms. The Balaban J connectivity index is 3.41. The van der Waals surface area contributed by atoms with Gasteiger partial charge in [-0.1, -0.05) is 0 Å². The second-order valence-corrected chi connectivity index (χ2v) is 5.09. The van der Waals surface area contributed by atoms with Crippen molar-refractivity contribution in [1.29, 1.82) is 0 Å². The average molecular weight is 338 g/mol. The van der Waals surface area contributed by atoms with Crippen molar-refractivity contribution >= 4 is 23.5 Å². The molecule has 0 atom stereocenters. The zero-order valence-electron chi connectivity index (χ0n) is 13.9. The van der Waals surface area contributed by atoms with Gasteiger partial charge in [0.2, 0.25) is 11.4 Å². The van der Waals surface area contributed by atoms with E-state index in [0.717, 1.165) is 6.92 Å². The van der Waals surface area contributed by atoms with Crippen LogP contribution in [-0.4, -0.2) is 41.7 Å². The Labute approximate surface area is 139 Å². The van der Waals surface area contributed by atoms with E-state index in [2.05, 4.69) is 5.32 Å². The van der Waals surface area contributed by atoms with Crippen LogP contribution in [0.1, 0.15) is 26.3 Å². The van der Waals surface area contributed by atoms with Gasteiger partial charge in [0.1, 0.15) is 5.75 Å². The maximum absolute atomic E-state index is 12.5. The van der Waals surface area contributed by atoms with Crippen molar-refractivity contribution in [2.45, 2.75) is 32.7 Å². The summed E-state index contributed by atoms with van der Waals surface area (Å²) in [6.45, 7) is 4.30. The van der Waals surface area contributed by atoms with E-state index in [-0.39, 0.29) is 30.9 Å². The highest BCUT2D eigenvalue weighted by molar-refractivity contribution is 6.08. The Morgan fingerprint density at radius 1 is 1.17 bits per heavy atom. The van der Waals surface area contributed by atoms with Crippen molar-refractivity contribution < 1.29 is 29.0 Å². The number of hydrogen-bond acceptors (Lipinski definition) is 7. The van der Waals surface area contributed by atoms with Crippen LogP contribution >= 0.6 is 0 Å². The number of ether oxygens (including phenoxy) is 2. The van der Waals surface area contributed by atoms with Crippen LogP contribution in [0.25, 0.3) is 0 Å². The summed E-state index contributed by atoms with van der Waals surface area (Å²) in [5.41, 5.74) is 4.10. The number of amides is 1. The lowest BCUT2D eigenvalue weighted by Crippen LogP contribution is -2.62. The van der Waals surface area contributed by atoms with E-state index in [9.17, 15) is 19.5 Å². The molecule has 1 aromatic rings. The number of benzene rings is 1. The van der Waals surface area contributed by atoms with E-state index in [1.807, 2.05) is 0 Å². The van der Waals surface area contributed by atoms with Crippen molar-refractivity contribution in [2.75, 3.05) is 18.9 Å². The molecule has 0 spiro atoms. The Bertz CT molecular complexity index is 611. The fourth-order valence-electron chi connectivity index (χ4n) is 2.22. The van der Waals surface area contributed by atoms with Gasteiger partial charge in [0.15, 0.2) is 0 Å². The third kappa shape index (κ3) is 4.37. The summed E-state index contributed by atoms with van der Waals surface area (Å²) in [4.78, 5) is 36.5. The van der Waals surface area contributed by atoms with Crippen molar-refractivity contribution in [2.24, 2.45) is 0 Å². The van der Waals surface area contributed by atoms with Gasteiger partial charge in [-0.05, 0) is 37.6 Å². The van der Waals surface area contributed by atoms with Crippen LogP contribution in [0.15, 0.2) is 18.2 Å². The highest BCUT2D eigenvalue weighted by Gasteiger charge is 2.50. The third-order valence-corrected chi connectivity index (χ3v) is 3.20. The van der Waals surface area contributed by atoms with E-state index in [0.29, 0.717) is 5.69 Å². The quantitative estimate of drug-likeness (QED) is 0.286. The zero-order chi connectivity index (χ0) is 18.3. The minimum atomic E-state index is -2.11. The van der Waals surface area contributed by atoms with E-state index in [1.165, 1.54) is 18.2 Å². The molecule has 0 bridgehead atoms. The molecule has 0 saturated heterocycles. The lowest BCUT2D eigenvalue weighted by molar-refractivity contribution is -0.168. The number of phenolic OH excluding ortho intramolecular Hbond substituents is 1. The molecule has 1 amide bonds. The van der Waals surface area contributed by atoms with Crippen molar-refractivity contribution in [3.63, 3.8) is 0 Å². The molecule has 4 N–H and O–H groups in total. The van der Waals surface area contributed by atoms with Crippen LogP contribution in [-0.2, 0) is 30.3 Å². The molecular formula is C16H22N2O6. The molecule has 0 aliphatic carbocycles. The summed E-state index contributed by atoms with van der Waals surface area (Å²) in [6, 6.07) is 4.21. The van der Waals surface area contributed by atoms with E-state index >= 15 is 0 Å². The van der Waals surface area contributed by atoms with Crippen LogP contribution in [0.5, 0.6) is 5.75 Å². The molecule has 0 aliphatic heterocycles. The maximum Gasteiger partial charge on any atom is 0.344 e. The zero-order valence-corrected chi connectivity index (χ0v) is 13.9. The lowest BCUT2D eigenvalue weighted by atomic mass is 9.89. The van der Waals surface area contributed by atoms with Crippen molar-refractivity contribution in [3.05, 3.63) is 23.8 Å². The number of rotatable bonds is 7. The first-order valence-corrected chi connectivity index (χ1v) is 7.47. The molecule has 0 radical (unpaired) electrons. The smallest absolute Gasteiger partial charge is 0.344 e. The first-order valence-electron chi connectivity index (χ1n) is 7.47. The molecule has 132 valence electrons. The Kier molecular flexibility index (Phi) is 6.58. The van der Waals surface area contributed by atoms with Crippen molar-refractivity contribution in [1.82, 2.24) is 5.32 Å². The number of phenols is 1. The Morgan fingerprint density at radius 3 is 2.17 bits per heavy atom. The van der Waals surface area contributed by atoms with Gasteiger partial charge in [0, 0.05) is 19.0 Å². The molecule has 8 heteroatoms. The lowest BCUT2D eigenvalue weighted by Gasteiger charge is -2.30. The number of nitrogen functional groups attached to an aromatic ring is 1. The number of carbonyl (C=O) groups is 3.